The Hall–Kier alpha value is -3.52. The van der Waals surface area contributed by atoms with E-state index in [4.69, 9.17) is 9.47 Å². The van der Waals surface area contributed by atoms with Crippen LogP contribution in [0.1, 0.15) is 31.0 Å². The highest BCUT2D eigenvalue weighted by molar-refractivity contribution is 7.07. The standard InChI is InChI=1S/C23H21N3O4S/c1-4-30-22(28)19-14(2)25-23-26(20(19)16-5-7-17(29-3)8-6-16)21(27)18(31-23)13-15-9-11-24-12-10-15/h5-13,20H,4H2,1-3H3/b18-13-/t20-/m0/s1. The van der Waals surface area contributed by atoms with Crippen LogP contribution >= 0.6 is 11.3 Å². The Kier molecular flexibility index (Phi) is 5.81. The Morgan fingerprint density at radius 3 is 2.55 bits per heavy atom. The molecule has 0 fully saturated rings. The molecule has 2 aromatic heterocycles. The first kappa shape index (κ1) is 20.7. The Morgan fingerprint density at radius 2 is 1.90 bits per heavy atom. The third-order valence-electron chi connectivity index (χ3n) is 4.95. The van der Waals surface area contributed by atoms with E-state index >= 15 is 0 Å². The van der Waals surface area contributed by atoms with Crippen molar-refractivity contribution in [2.75, 3.05) is 13.7 Å². The molecule has 0 saturated carbocycles. The molecule has 4 rings (SSSR count). The van der Waals surface area contributed by atoms with Crippen LogP contribution in [0.5, 0.6) is 5.75 Å². The molecule has 0 spiro atoms. The molecule has 3 heterocycles. The van der Waals surface area contributed by atoms with E-state index in [-0.39, 0.29) is 12.2 Å². The average Bonchev–Trinajstić information content (AvgIpc) is 3.08. The van der Waals surface area contributed by atoms with Crippen LogP contribution in [0, 0.1) is 0 Å². The lowest BCUT2D eigenvalue weighted by Gasteiger charge is -2.24. The highest BCUT2D eigenvalue weighted by Gasteiger charge is 2.33. The number of carbonyl (C=O) groups excluding carboxylic acids is 1. The second-order valence-electron chi connectivity index (χ2n) is 6.86. The van der Waals surface area contributed by atoms with Crippen molar-refractivity contribution in [2.45, 2.75) is 19.9 Å². The van der Waals surface area contributed by atoms with Gasteiger partial charge < -0.3 is 9.47 Å². The van der Waals surface area contributed by atoms with Crippen LogP contribution in [0.3, 0.4) is 0 Å². The number of methoxy groups -OCH3 is 1. The molecule has 158 valence electrons. The second-order valence-corrected chi connectivity index (χ2v) is 7.87. The van der Waals surface area contributed by atoms with E-state index < -0.39 is 12.0 Å². The molecule has 0 saturated heterocycles. The van der Waals surface area contributed by atoms with Gasteiger partial charge in [-0.2, -0.15) is 0 Å². The molecule has 8 heteroatoms. The number of allylic oxidation sites excluding steroid dienone is 1. The fourth-order valence-corrected chi connectivity index (χ4v) is 4.55. The van der Waals surface area contributed by atoms with Crippen molar-refractivity contribution in [1.29, 1.82) is 0 Å². The number of hydrogen-bond acceptors (Lipinski definition) is 7. The number of thiazole rings is 1. The Bertz CT molecular complexity index is 1320. The summed E-state index contributed by atoms with van der Waals surface area (Å²) in [4.78, 5) is 35.4. The fraction of sp³-hybridized carbons (Fsp3) is 0.217. The van der Waals surface area contributed by atoms with Crippen LogP contribution in [-0.2, 0) is 9.53 Å². The smallest absolute Gasteiger partial charge is 0.338 e. The molecule has 0 amide bonds. The number of ether oxygens (including phenoxy) is 2. The summed E-state index contributed by atoms with van der Waals surface area (Å²) in [6, 6.07) is 10.3. The monoisotopic (exact) mass is 435 g/mol. The largest absolute Gasteiger partial charge is 0.497 e. The van der Waals surface area contributed by atoms with E-state index in [2.05, 4.69) is 9.98 Å². The Labute approximate surface area is 182 Å². The summed E-state index contributed by atoms with van der Waals surface area (Å²) < 4.78 is 12.7. The maximum absolute atomic E-state index is 13.4. The van der Waals surface area contributed by atoms with Crippen LogP contribution in [0.15, 0.2) is 69.8 Å². The van der Waals surface area contributed by atoms with Gasteiger partial charge in [-0.15, -0.1) is 0 Å². The summed E-state index contributed by atoms with van der Waals surface area (Å²) in [5, 5.41) is 0. The molecule has 0 N–H and O–H groups in total. The normalized spacial score (nSPS) is 16.0. The third kappa shape index (κ3) is 3.94. The molecule has 1 atom stereocenters. The van der Waals surface area contributed by atoms with Gasteiger partial charge in [-0.1, -0.05) is 23.5 Å². The zero-order valence-corrected chi connectivity index (χ0v) is 18.2. The molecule has 3 aromatic rings. The molecule has 0 unspecified atom stereocenters. The number of benzene rings is 1. The molecule has 1 aliphatic rings. The first-order valence-electron chi connectivity index (χ1n) is 9.77. The van der Waals surface area contributed by atoms with Gasteiger partial charge in [0.2, 0.25) is 0 Å². The lowest BCUT2D eigenvalue weighted by Crippen LogP contribution is -2.39. The molecule has 0 radical (unpaired) electrons. The van der Waals surface area contributed by atoms with Crippen molar-refractivity contribution in [2.24, 2.45) is 4.99 Å². The van der Waals surface area contributed by atoms with Gasteiger partial charge in [0.1, 0.15) is 5.75 Å². The van der Waals surface area contributed by atoms with E-state index in [1.54, 1.807) is 56.1 Å². The third-order valence-corrected chi connectivity index (χ3v) is 5.94. The van der Waals surface area contributed by atoms with Gasteiger partial charge >= 0.3 is 5.97 Å². The number of aromatic nitrogens is 2. The highest BCUT2D eigenvalue weighted by Crippen LogP contribution is 2.31. The minimum absolute atomic E-state index is 0.212. The number of nitrogens with zero attached hydrogens (tertiary/aromatic N) is 3. The maximum atomic E-state index is 13.4. The van der Waals surface area contributed by atoms with Crippen LogP contribution in [0.4, 0.5) is 0 Å². The fourth-order valence-electron chi connectivity index (χ4n) is 3.50. The van der Waals surface area contributed by atoms with E-state index in [0.29, 0.717) is 26.4 Å². The van der Waals surface area contributed by atoms with E-state index in [9.17, 15) is 9.59 Å². The van der Waals surface area contributed by atoms with Crippen molar-refractivity contribution in [1.82, 2.24) is 9.55 Å². The molecule has 31 heavy (non-hydrogen) atoms. The van der Waals surface area contributed by atoms with Gasteiger partial charge in [0.25, 0.3) is 5.56 Å². The molecule has 0 aliphatic carbocycles. The van der Waals surface area contributed by atoms with Gasteiger partial charge in [0.05, 0.1) is 35.6 Å². The van der Waals surface area contributed by atoms with Gasteiger partial charge in [-0.3, -0.25) is 14.3 Å². The highest BCUT2D eigenvalue weighted by atomic mass is 32.1. The van der Waals surface area contributed by atoms with Crippen LogP contribution < -0.4 is 19.6 Å². The van der Waals surface area contributed by atoms with Crippen LogP contribution in [-0.4, -0.2) is 29.2 Å². The quantitative estimate of drug-likeness (QED) is 0.574. The predicted molar refractivity (Wildman–Crippen MR) is 118 cm³/mol. The second kappa shape index (κ2) is 8.69. The van der Waals surface area contributed by atoms with Crippen molar-refractivity contribution in [3.63, 3.8) is 0 Å². The van der Waals surface area contributed by atoms with Gasteiger partial charge in [-0.25, -0.2) is 9.79 Å². The molecule has 7 nitrogen and oxygen atoms in total. The summed E-state index contributed by atoms with van der Waals surface area (Å²) in [6.45, 7) is 3.75. The number of esters is 1. The lowest BCUT2D eigenvalue weighted by molar-refractivity contribution is -0.139. The zero-order chi connectivity index (χ0) is 22.0. The van der Waals surface area contributed by atoms with Gasteiger partial charge in [0.15, 0.2) is 4.80 Å². The summed E-state index contributed by atoms with van der Waals surface area (Å²) in [5.41, 5.74) is 2.32. The van der Waals surface area contributed by atoms with Gasteiger partial charge in [-0.05, 0) is 55.3 Å². The minimum Gasteiger partial charge on any atom is -0.497 e. The lowest BCUT2D eigenvalue weighted by atomic mass is 9.96. The molecular weight excluding hydrogens is 414 g/mol. The predicted octanol–water partition coefficient (Wildman–Crippen LogP) is 2.20. The number of pyridine rings is 1. The summed E-state index contributed by atoms with van der Waals surface area (Å²) in [5.74, 6) is 0.209. The van der Waals surface area contributed by atoms with Crippen molar-refractivity contribution in [3.8, 4) is 5.75 Å². The number of rotatable bonds is 5. The SMILES string of the molecule is CCOC(=O)C1=C(C)N=c2s/c(=C\c3ccncc3)c(=O)n2[C@H]1c1ccc(OC)cc1. The van der Waals surface area contributed by atoms with Crippen molar-refractivity contribution in [3.05, 3.63) is 90.9 Å². The summed E-state index contributed by atoms with van der Waals surface area (Å²) in [7, 11) is 1.59. The first-order chi connectivity index (χ1) is 15.0. The number of hydrogen-bond donors (Lipinski definition) is 0. The molecule has 0 bridgehead atoms. The molecular formula is C23H21N3O4S. The number of fused-ring (bicyclic) bond motifs is 1. The number of carbonyl (C=O) groups is 1. The topological polar surface area (TPSA) is 82.8 Å². The Balaban J connectivity index is 1.95. The average molecular weight is 436 g/mol. The molecule has 1 aliphatic heterocycles. The zero-order valence-electron chi connectivity index (χ0n) is 17.4. The van der Waals surface area contributed by atoms with E-state index in [1.165, 1.54) is 11.3 Å². The summed E-state index contributed by atoms with van der Waals surface area (Å²) >= 11 is 1.29. The van der Waals surface area contributed by atoms with Crippen molar-refractivity contribution < 1.29 is 14.3 Å². The van der Waals surface area contributed by atoms with E-state index in [1.807, 2.05) is 24.3 Å². The van der Waals surface area contributed by atoms with Crippen LogP contribution in [0.2, 0.25) is 0 Å². The van der Waals surface area contributed by atoms with Gasteiger partial charge in [0, 0.05) is 12.4 Å². The van der Waals surface area contributed by atoms with E-state index in [0.717, 1.165) is 11.1 Å². The van der Waals surface area contributed by atoms with Crippen molar-refractivity contribution >= 4 is 23.4 Å². The summed E-state index contributed by atoms with van der Waals surface area (Å²) in [6.07, 6.45) is 5.15. The Morgan fingerprint density at radius 1 is 1.19 bits per heavy atom. The van der Waals surface area contributed by atoms with Crippen LogP contribution in [0.25, 0.3) is 6.08 Å². The molecule has 1 aromatic carbocycles. The minimum atomic E-state index is -0.638. The first-order valence-corrected chi connectivity index (χ1v) is 10.6. The maximum Gasteiger partial charge on any atom is 0.338 e.